The van der Waals surface area contributed by atoms with E-state index >= 15 is 0 Å². The number of hydrogen-bond donors (Lipinski definition) is 0. The first-order valence-electron chi connectivity index (χ1n) is 9.04. The molecule has 0 bridgehead atoms. The van der Waals surface area contributed by atoms with E-state index in [9.17, 15) is 4.79 Å². The van der Waals surface area contributed by atoms with Crippen LogP contribution < -0.4 is 9.64 Å². The Bertz CT molecular complexity index is 847. The standard InChI is InChI=1S/C20H23Cl2N3O3/c1-20(2,3)28-19(26)25-12-10-24(11-13-25)15-7-5-9-23-18(15)27-16-8-4-6-14(21)17(16)22/h4-9H,10-13H2,1-3H3. The van der Waals surface area contributed by atoms with Gasteiger partial charge >= 0.3 is 6.09 Å². The molecule has 2 aromatic rings. The molecule has 0 spiro atoms. The lowest BCUT2D eigenvalue weighted by molar-refractivity contribution is 0.0240. The van der Waals surface area contributed by atoms with Crippen molar-refractivity contribution < 1.29 is 14.3 Å². The van der Waals surface area contributed by atoms with E-state index in [2.05, 4.69) is 9.88 Å². The Morgan fingerprint density at radius 3 is 2.46 bits per heavy atom. The van der Waals surface area contributed by atoms with Gasteiger partial charge in [-0.2, -0.15) is 0 Å². The van der Waals surface area contributed by atoms with Crippen LogP contribution in [0.5, 0.6) is 11.6 Å². The van der Waals surface area contributed by atoms with Crippen molar-refractivity contribution >= 4 is 35.0 Å². The number of carbonyl (C=O) groups is 1. The highest BCUT2D eigenvalue weighted by molar-refractivity contribution is 6.42. The zero-order valence-corrected chi connectivity index (χ0v) is 17.6. The molecule has 1 fully saturated rings. The lowest BCUT2D eigenvalue weighted by Gasteiger charge is -2.36. The second-order valence-corrected chi connectivity index (χ2v) is 8.22. The molecule has 1 aromatic heterocycles. The summed E-state index contributed by atoms with van der Waals surface area (Å²) < 4.78 is 11.4. The summed E-state index contributed by atoms with van der Waals surface area (Å²) in [6.07, 6.45) is 1.37. The van der Waals surface area contributed by atoms with Gasteiger partial charge in [-0.05, 0) is 45.0 Å². The normalized spacial score (nSPS) is 14.8. The zero-order chi connectivity index (χ0) is 20.3. The molecule has 1 aromatic carbocycles. The van der Waals surface area contributed by atoms with Gasteiger partial charge in [0, 0.05) is 32.4 Å². The highest BCUT2D eigenvalue weighted by Gasteiger charge is 2.27. The Morgan fingerprint density at radius 1 is 1.07 bits per heavy atom. The maximum absolute atomic E-state index is 12.3. The lowest BCUT2D eigenvalue weighted by atomic mass is 10.2. The first-order valence-corrected chi connectivity index (χ1v) is 9.80. The molecule has 8 heteroatoms. The highest BCUT2D eigenvalue weighted by atomic mass is 35.5. The summed E-state index contributed by atoms with van der Waals surface area (Å²) in [7, 11) is 0. The van der Waals surface area contributed by atoms with Crippen LogP contribution in [-0.2, 0) is 4.74 Å². The maximum atomic E-state index is 12.3. The SMILES string of the molecule is CC(C)(C)OC(=O)N1CCN(c2cccnc2Oc2cccc(Cl)c2Cl)CC1. The number of anilines is 1. The molecule has 6 nitrogen and oxygen atoms in total. The number of carbonyl (C=O) groups excluding carboxylic acids is 1. The monoisotopic (exact) mass is 423 g/mol. The van der Waals surface area contributed by atoms with Gasteiger partial charge in [-0.25, -0.2) is 9.78 Å². The minimum Gasteiger partial charge on any atom is -0.444 e. The molecule has 1 aliphatic rings. The van der Waals surface area contributed by atoms with Gasteiger partial charge in [0.1, 0.15) is 22.1 Å². The Morgan fingerprint density at radius 2 is 1.79 bits per heavy atom. The van der Waals surface area contributed by atoms with Gasteiger partial charge in [0.15, 0.2) is 0 Å². The second-order valence-electron chi connectivity index (χ2n) is 7.44. The second kappa shape index (κ2) is 8.45. The van der Waals surface area contributed by atoms with Crippen LogP contribution in [0.4, 0.5) is 10.5 Å². The molecule has 0 aliphatic carbocycles. The largest absolute Gasteiger partial charge is 0.444 e. The number of benzene rings is 1. The van der Waals surface area contributed by atoms with Crippen molar-refractivity contribution in [2.75, 3.05) is 31.1 Å². The molecule has 0 unspecified atom stereocenters. The quantitative estimate of drug-likeness (QED) is 0.675. The van der Waals surface area contributed by atoms with E-state index < -0.39 is 5.60 Å². The Kier molecular flexibility index (Phi) is 6.20. The molecule has 0 saturated carbocycles. The fourth-order valence-corrected chi connectivity index (χ4v) is 3.16. The molecule has 1 amide bonds. The Balaban J connectivity index is 1.71. The summed E-state index contributed by atoms with van der Waals surface area (Å²) in [6.45, 7) is 7.99. The summed E-state index contributed by atoms with van der Waals surface area (Å²) in [5, 5.41) is 0.762. The van der Waals surface area contributed by atoms with E-state index in [0.29, 0.717) is 47.9 Å². The van der Waals surface area contributed by atoms with E-state index in [4.69, 9.17) is 32.7 Å². The number of nitrogens with zero attached hydrogens (tertiary/aromatic N) is 3. The number of rotatable bonds is 3. The van der Waals surface area contributed by atoms with Crippen molar-refractivity contribution in [1.29, 1.82) is 0 Å². The van der Waals surface area contributed by atoms with Crippen LogP contribution in [0, 0.1) is 0 Å². The summed E-state index contributed by atoms with van der Waals surface area (Å²) in [6, 6.07) is 9.00. The minimum absolute atomic E-state index is 0.291. The van der Waals surface area contributed by atoms with Crippen LogP contribution in [0.15, 0.2) is 36.5 Å². The number of halogens is 2. The van der Waals surface area contributed by atoms with Gasteiger partial charge < -0.3 is 19.3 Å². The molecule has 1 aliphatic heterocycles. The van der Waals surface area contributed by atoms with Gasteiger partial charge in [-0.15, -0.1) is 0 Å². The summed E-state index contributed by atoms with van der Waals surface area (Å²) >= 11 is 12.3. The predicted molar refractivity (Wildman–Crippen MR) is 111 cm³/mol. The fraction of sp³-hybridized carbons (Fsp3) is 0.400. The highest BCUT2D eigenvalue weighted by Crippen LogP contribution is 2.37. The van der Waals surface area contributed by atoms with Crippen molar-refractivity contribution in [1.82, 2.24) is 9.88 Å². The van der Waals surface area contributed by atoms with Crippen molar-refractivity contribution in [3.8, 4) is 11.6 Å². The molecule has 1 saturated heterocycles. The summed E-state index contributed by atoms with van der Waals surface area (Å²) in [5.41, 5.74) is 0.330. The van der Waals surface area contributed by atoms with Crippen LogP contribution in [-0.4, -0.2) is 47.8 Å². The lowest BCUT2D eigenvalue weighted by Crippen LogP contribution is -2.50. The van der Waals surface area contributed by atoms with Crippen LogP contribution in [0.25, 0.3) is 0 Å². The Labute approximate surface area is 175 Å². The number of amides is 1. The van der Waals surface area contributed by atoms with Crippen LogP contribution in [0.3, 0.4) is 0 Å². The molecular weight excluding hydrogens is 401 g/mol. The molecule has 3 rings (SSSR count). The maximum Gasteiger partial charge on any atom is 0.410 e. The van der Waals surface area contributed by atoms with Crippen molar-refractivity contribution in [2.45, 2.75) is 26.4 Å². The molecule has 28 heavy (non-hydrogen) atoms. The third-order valence-corrected chi connectivity index (χ3v) is 4.95. The smallest absolute Gasteiger partial charge is 0.410 e. The molecule has 0 N–H and O–H groups in total. The summed E-state index contributed by atoms with van der Waals surface area (Å²) in [5.74, 6) is 0.888. The van der Waals surface area contributed by atoms with Crippen molar-refractivity contribution in [2.24, 2.45) is 0 Å². The number of pyridine rings is 1. The van der Waals surface area contributed by atoms with E-state index in [1.54, 1.807) is 29.3 Å². The average Bonchev–Trinajstić information content (AvgIpc) is 2.65. The van der Waals surface area contributed by atoms with E-state index in [1.165, 1.54) is 0 Å². The van der Waals surface area contributed by atoms with Crippen LogP contribution in [0.1, 0.15) is 20.8 Å². The van der Waals surface area contributed by atoms with Gasteiger partial charge in [-0.3, -0.25) is 0 Å². The molecule has 150 valence electrons. The number of ether oxygens (including phenoxy) is 2. The summed E-state index contributed by atoms with van der Waals surface area (Å²) in [4.78, 5) is 20.4. The topological polar surface area (TPSA) is 54.9 Å². The average molecular weight is 424 g/mol. The van der Waals surface area contributed by atoms with Crippen molar-refractivity contribution in [3.63, 3.8) is 0 Å². The third kappa shape index (κ3) is 5.00. The van der Waals surface area contributed by atoms with Crippen LogP contribution in [0.2, 0.25) is 10.0 Å². The van der Waals surface area contributed by atoms with E-state index in [0.717, 1.165) is 5.69 Å². The fourth-order valence-electron chi connectivity index (χ4n) is 2.83. The van der Waals surface area contributed by atoms with Gasteiger partial charge in [0.25, 0.3) is 0 Å². The van der Waals surface area contributed by atoms with E-state index in [1.807, 2.05) is 32.9 Å². The van der Waals surface area contributed by atoms with Gasteiger partial charge in [0.05, 0.1) is 5.02 Å². The minimum atomic E-state index is -0.505. The molecule has 0 radical (unpaired) electrons. The first kappa shape index (κ1) is 20.6. The third-order valence-electron chi connectivity index (χ3n) is 4.15. The Hall–Kier alpha value is -2.18. The van der Waals surface area contributed by atoms with Gasteiger partial charge in [-0.1, -0.05) is 29.3 Å². The van der Waals surface area contributed by atoms with E-state index in [-0.39, 0.29) is 6.09 Å². The van der Waals surface area contributed by atoms with Crippen molar-refractivity contribution in [3.05, 3.63) is 46.6 Å². The number of aromatic nitrogens is 1. The number of hydrogen-bond acceptors (Lipinski definition) is 5. The zero-order valence-electron chi connectivity index (χ0n) is 16.1. The predicted octanol–water partition coefficient (Wildman–Crippen LogP) is 5.24. The molecular formula is C20H23Cl2N3O3. The first-order chi connectivity index (χ1) is 13.2. The molecule has 0 atom stereocenters. The molecule has 2 heterocycles. The van der Waals surface area contributed by atoms with Gasteiger partial charge in [0.2, 0.25) is 5.88 Å². The van der Waals surface area contributed by atoms with Crippen LogP contribution >= 0.6 is 23.2 Å². The number of piperazine rings is 1.